The largest absolute Gasteiger partial charge is 0.323 e. The average Bonchev–Trinajstić information content (AvgIpc) is 2.22. The van der Waals surface area contributed by atoms with E-state index < -0.39 is 0 Å². The molecule has 3 heteroatoms. The van der Waals surface area contributed by atoms with Crippen LogP contribution in [-0.4, -0.2) is 19.1 Å². The highest BCUT2D eigenvalue weighted by Crippen LogP contribution is 2.19. The standard InChI is InChI=1S/C12H15FN2/c1-8-2-3-9(5-12(8)13)10-4-11(14)7-15-6-10/h2-5,11,15H,6-7,14H2,1H3. The number of rotatable bonds is 1. The van der Waals surface area contributed by atoms with Crippen molar-refractivity contribution in [2.45, 2.75) is 13.0 Å². The van der Waals surface area contributed by atoms with E-state index in [1.54, 1.807) is 19.1 Å². The van der Waals surface area contributed by atoms with Crippen molar-refractivity contribution in [3.05, 3.63) is 41.2 Å². The number of halogens is 1. The van der Waals surface area contributed by atoms with Crippen molar-refractivity contribution in [2.75, 3.05) is 13.1 Å². The van der Waals surface area contributed by atoms with Gasteiger partial charge in [-0.05, 0) is 29.7 Å². The Labute approximate surface area is 89.0 Å². The summed E-state index contributed by atoms with van der Waals surface area (Å²) in [5.41, 5.74) is 8.47. The Morgan fingerprint density at radius 2 is 2.27 bits per heavy atom. The van der Waals surface area contributed by atoms with E-state index in [1.165, 1.54) is 0 Å². The summed E-state index contributed by atoms with van der Waals surface area (Å²) >= 11 is 0. The van der Waals surface area contributed by atoms with Gasteiger partial charge in [0.25, 0.3) is 0 Å². The molecule has 0 amide bonds. The van der Waals surface area contributed by atoms with E-state index in [-0.39, 0.29) is 11.9 Å². The fourth-order valence-corrected chi connectivity index (χ4v) is 1.74. The lowest BCUT2D eigenvalue weighted by atomic mass is 9.99. The zero-order chi connectivity index (χ0) is 10.8. The van der Waals surface area contributed by atoms with E-state index in [0.717, 1.165) is 24.2 Å². The van der Waals surface area contributed by atoms with Crippen molar-refractivity contribution < 1.29 is 4.39 Å². The summed E-state index contributed by atoms with van der Waals surface area (Å²) < 4.78 is 13.4. The van der Waals surface area contributed by atoms with Gasteiger partial charge in [-0.3, -0.25) is 0 Å². The molecule has 0 aromatic heterocycles. The summed E-state index contributed by atoms with van der Waals surface area (Å²) in [4.78, 5) is 0. The van der Waals surface area contributed by atoms with E-state index in [9.17, 15) is 4.39 Å². The number of aryl methyl sites for hydroxylation is 1. The van der Waals surface area contributed by atoms with Gasteiger partial charge in [-0.1, -0.05) is 18.2 Å². The predicted molar refractivity (Wildman–Crippen MR) is 60.0 cm³/mol. The van der Waals surface area contributed by atoms with Gasteiger partial charge in [-0.25, -0.2) is 4.39 Å². The molecule has 80 valence electrons. The molecule has 1 aliphatic rings. The molecule has 1 aromatic carbocycles. The van der Waals surface area contributed by atoms with E-state index in [0.29, 0.717) is 5.56 Å². The summed E-state index contributed by atoms with van der Waals surface area (Å²) in [6, 6.07) is 5.33. The average molecular weight is 206 g/mol. The van der Waals surface area contributed by atoms with Crippen LogP contribution in [-0.2, 0) is 0 Å². The summed E-state index contributed by atoms with van der Waals surface area (Å²) in [5.74, 6) is -0.160. The maximum atomic E-state index is 13.4. The van der Waals surface area contributed by atoms with Crippen LogP contribution in [0, 0.1) is 12.7 Å². The molecule has 1 aliphatic heterocycles. The lowest BCUT2D eigenvalue weighted by Crippen LogP contribution is -2.37. The smallest absolute Gasteiger partial charge is 0.126 e. The Kier molecular flexibility index (Phi) is 2.84. The van der Waals surface area contributed by atoms with Gasteiger partial charge >= 0.3 is 0 Å². The maximum Gasteiger partial charge on any atom is 0.126 e. The molecule has 0 bridgehead atoms. The first kappa shape index (κ1) is 10.3. The van der Waals surface area contributed by atoms with Gasteiger partial charge in [-0.2, -0.15) is 0 Å². The lowest BCUT2D eigenvalue weighted by molar-refractivity contribution is 0.617. The van der Waals surface area contributed by atoms with Crippen molar-refractivity contribution in [3.63, 3.8) is 0 Å². The van der Waals surface area contributed by atoms with Crippen LogP contribution in [0.3, 0.4) is 0 Å². The van der Waals surface area contributed by atoms with E-state index in [1.807, 2.05) is 12.1 Å². The molecule has 1 unspecified atom stereocenters. The van der Waals surface area contributed by atoms with Crippen LogP contribution in [0.1, 0.15) is 11.1 Å². The molecule has 0 spiro atoms. The fraction of sp³-hybridized carbons (Fsp3) is 0.333. The van der Waals surface area contributed by atoms with Crippen LogP contribution in [0.4, 0.5) is 4.39 Å². The maximum absolute atomic E-state index is 13.4. The molecule has 1 atom stereocenters. The highest BCUT2D eigenvalue weighted by molar-refractivity contribution is 5.68. The number of hydrogen-bond donors (Lipinski definition) is 2. The Morgan fingerprint density at radius 3 is 2.93 bits per heavy atom. The molecule has 0 radical (unpaired) electrons. The van der Waals surface area contributed by atoms with Gasteiger partial charge in [-0.15, -0.1) is 0 Å². The zero-order valence-corrected chi connectivity index (χ0v) is 8.76. The highest BCUT2D eigenvalue weighted by Gasteiger charge is 2.11. The minimum absolute atomic E-state index is 0.0260. The SMILES string of the molecule is Cc1ccc(C2=CC(N)CNC2)cc1F. The summed E-state index contributed by atoms with van der Waals surface area (Å²) in [7, 11) is 0. The van der Waals surface area contributed by atoms with Gasteiger partial charge in [0.1, 0.15) is 5.82 Å². The van der Waals surface area contributed by atoms with Crippen LogP contribution < -0.4 is 11.1 Å². The summed E-state index contributed by atoms with van der Waals surface area (Å²) in [6.45, 7) is 3.31. The van der Waals surface area contributed by atoms with Crippen molar-refractivity contribution in [1.29, 1.82) is 0 Å². The molecule has 15 heavy (non-hydrogen) atoms. The minimum atomic E-state index is -0.160. The summed E-state index contributed by atoms with van der Waals surface area (Å²) in [5, 5.41) is 3.20. The van der Waals surface area contributed by atoms with Crippen LogP contribution in [0.5, 0.6) is 0 Å². The number of benzene rings is 1. The number of nitrogens with two attached hydrogens (primary N) is 1. The molecule has 0 saturated carbocycles. The Hall–Kier alpha value is -1.19. The van der Waals surface area contributed by atoms with Gasteiger partial charge in [0.15, 0.2) is 0 Å². The molecule has 3 N–H and O–H groups in total. The molecule has 0 fully saturated rings. The van der Waals surface area contributed by atoms with Crippen molar-refractivity contribution in [1.82, 2.24) is 5.32 Å². The second kappa shape index (κ2) is 4.13. The topological polar surface area (TPSA) is 38.0 Å². The second-order valence-corrected chi connectivity index (χ2v) is 3.95. The molecule has 2 rings (SSSR count). The zero-order valence-electron chi connectivity index (χ0n) is 8.76. The molecular formula is C12H15FN2. The van der Waals surface area contributed by atoms with Crippen LogP contribution >= 0.6 is 0 Å². The first-order valence-electron chi connectivity index (χ1n) is 5.10. The van der Waals surface area contributed by atoms with Gasteiger partial charge < -0.3 is 11.1 Å². The van der Waals surface area contributed by atoms with Crippen molar-refractivity contribution in [3.8, 4) is 0 Å². The minimum Gasteiger partial charge on any atom is -0.323 e. The van der Waals surface area contributed by atoms with Crippen molar-refractivity contribution >= 4 is 5.57 Å². The molecule has 1 heterocycles. The quantitative estimate of drug-likeness (QED) is 0.730. The van der Waals surface area contributed by atoms with Crippen LogP contribution in [0.15, 0.2) is 24.3 Å². The van der Waals surface area contributed by atoms with Gasteiger partial charge in [0.05, 0.1) is 0 Å². The predicted octanol–water partition coefficient (Wildman–Crippen LogP) is 1.45. The molecule has 1 aromatic rings. The Bertz CT molecular complexity index is 399. The molecular weight excluding hydrogens is 191 g/mol. The van der Waals surface area contributed by atoms with E-state index in [2.05, 4.69) is 5.32 Å². The Balaban J connectivity index is 2.33. The van der Waals surface area contributed by atoms with Gasteiger partial charge in [0.2, 0.25) is 0 Å². The third kappa shape index (κ3) is 2.25. The number of hydrogen-bond acceptors (Lipinski definition) is 2. The van der Waals surface area contributed by atoms with Gasteiger partial charge in [0, 0.05) is 19.1 Å². The Morgan fingerprint density at radius 1 is 1.47 bits per heavy atom. The van der Waals surface area contributed by atoms with Crippen LogP contribution in [0.25, 0.3) is 5.57 Å². The summed E-state index contributed by atoms with van der Waals surface area (Å²) in [6.07, 6.45) is 2.00. The van der Waals surface area contributed by atoms with Crippen molar-refractivity contribution in [2.24, 2.45) is 5.73 Å². The normalized spacial score (nSPS) is 21.3. The fourth-order valence-electron chi connectivity index (χ4n) is 1.74. The molecule has 0 saturated heterocycles. The third-order valence-electron chi connectivity index (χ3n) is 2.65. The monoisotopic (exact) mass is 206 g/mol. The molecule has 2 nitrogen and oxygen atoms in total. The first-order valence-corrected chi connectivity index (χ1v) is 5.10. The first-order chi connectivity index (χ1) is 7.16. The van der Waals surface area contributed by atoms with E-state index >= 15 is 0 Å². The highest BCUT2D eigenvalue weighted by atomic mass is 19.1. The number of nitrogens with one attached hydrogen (secondary N) is 1. The lowest BCUT2D eigenvalue weighted by Gasteiger charge is -2.19. The second-order valence-electron chi connectivity index (χ2n) is 3.95. The third-order valence-corrected chi connectivity index (χ3v) is 2.65. The van der Waals surface area contributed by atoms with E-state index in [4.69, 9.17) is 5.73 Å². The van der Waals surface area contributed by atoms with Crippen LogP contribution in [0.2, 0.25) is 0 Å². The molecule has 0 aliphatic carbocycles.